The average Bonchev–Trinajstić information content (AvgIpc) is 2.77. The molecular formula is C13H26N2O3. The van der Waals surface area contributed by atoms with Crippen molar-refractivity contribution in [3.8, 4) is 0 Å². The van der Waals surface area contributed by atoms with Gasteiger partial charge in [0.25, 0.3) is 0 Å². The lowest BCUT2D eigenvalue weighted by atomic mass is 10.0. The third-order valence-corrected chi connectivity index (χ3v) is 3.81. The molecule has 0 bridgehead atoms. The highest BCUT2D eigenvalue weighted by atomic mass is 16.5. The first-order chi connectivity index (χ1) is 8.59. The Hall–Kier alpha value is -0.200. The van der Waals surface area contributed by atoms with Crippen molar-refractivity contribution in [1.82, 2.24) is 10.2 Å². The summed E-state index contributed by atoms with van der Waals surface area (Å²) in [4.78, 5) is 2.43. The van der Waals surface area contributed by atoms with E-state index in [1.807, 2.05) is 0 Å². The van der Waals surface area contributed by atoms with Gasteiger partial charge in [0.05, 0.1) is 19.3 Å². The number of rotatable bonds is 5. The van der Waals surface area contributed by atoms with E-state index < -0.39 is 5.60 Å². The van der Waals surface area contributed by atoms with E-state index in [9.17, 15) is 5.11 Å². The molecule has 0 radical (unpaired) electrons. The van der Waals surface area contributed by atoms with E-state index in [1.54, 1.807) is 0 Å². The molecule has 5 heteroatoms. The first-order valence-electron chi connectivity index (χ1n) is 6.95. The molecule has 5 nitrogen and oxygen atoms in total. The molecule has 2 rings (SSSR count). The topological polar surface area (TPSA) is 54.0 Å². The molecule has 2 N–H and O–H groups in total. The monoisotopic (exact) mass is 258 g/mol. The van der Waals surface area contributed by atoms with E-state index >= 15 is 0 Å². The van der Waals surface area contributed by atoms with Gasteiger partial charge in [-0.3, -0.25) is 4.90 Å². The van der Waals surface area contributed by atoms with Crippen LogP contribution in [0, 0.1) is 0 Å². The molecule has 2 unspecified atom stereocenters. The second-order valence-electron chi connectivity index (χ2n) is 5.74. The molecule has 0 aromatic heterocycles. The molecule has 0 aliphatic carbocycles. The second kappa shape index (κ2) is 6.30. The van der Waals surface area contributed by atoms with Gasteiger partial charge >= 0.3 is 0 Å². The maximum Gasteiger partial charge on any atom is 0.102 e. The number of hydrogen-bond acceptors (Lipinski definition) is 5. The van der Waals surface area contributed by atoms with Crippen LogP contribution in [0.25, 0.3) is 0 Å². The molecular weight excluding hydrogens is 232 g/mol. The standard InChI is InChI=1S/C13H26N2O3/c1-11(2)15-4-6-18-12(8-15)7-14-9-13(16)3-5-17-10-13/h11-12,14,16H,3-10H2,1-2H3. The van der Waals surface area contributed by atoms with E-state index in [0.717, 1.165) is 32.7 Å². The lowest BCUT2D eigenvalue weighted by molar-refractivity contribution is -0.0406. The molecule has 2 saturated heterocycles. The van der Waals surface area contributed by atoms with Crippen molar-refractivity contribution in [1.29, 1.82) is 0 Å². The van der Waals surface area contributed by atoms with Crippen LogP contribution < -0.4 is 5.32 Å². The molecule has 2 aliphatic heterocycles. The van der Waals surface area contributed by atoms with Crippen LogP contribution in [0.1, 0.15) is 20.3 Å². The minimum Gasteiger partial charge on any atom is -0.386 e. The average molecular weight is 258 g/mol. The fraction of sp³-hybridized carbons (Fsp3) is 1.00. The highest BCUT2D eigenvalue weighted by molar-refractivity contribution is 4.86. The Balaban J connectivity index is 1.67. The number of aliphatic hydroxyl groups is 1. The molecule has 2 atom stereocenters. The summed E-state index contributed by atoms with van der Waals surface area (Å²) >= 11 is 0. The summed E-state index contributed by atoms with van der Waals surface area (Å²) in [6, 6.07) is 0.573. The van der Waals surface area contributed by atoms with Crippen molar-refractivity contribution in [3.05, 3.63) is 0 Å². The smallest absolute Gasteiger partial charge is 0.102 e. The Kier molecular flexibility index (Phi) is 4.98. The first kappa shape index (κ1) is 14.2. The molecule has 2 aliphatic rings. The second-order valence-corrected chi connectivity index (χ2v) is 5.74. The zero-order valence-corrected chi connectivity index (χ0v) is 11.5. The van der Waals surface area contributed by atoms with Gasteiger partial charge in [-0.1, -0.05) is 0 Å². The van der Waals surface area contributed by atoms with E-state index in [0.29, 0.717) is 25.8 Å². The highest BCUT2D eigenvalue weighted by Gasteiger charge is 2.32. The van der Waals surface area contributed by atoms with Gasteiger partial charge < -0.3 is 19.9 Å². The minimum absolute atomic E-state index is 0.229. The van der Waals surface area contributed by atoms with Crippen molar-refractivity contribution in [2.45, 2.75) is 38.0 Å². The quantitative estimate of drug-likeness (QED) is 0.717. The van der Waals surface area contributed by atoms with E-state index in [1.165, 1.54) is 0 Å². The Bertz CT molecular complexity index is 255. The number of hydrogen-bond donors (Lipinski definition) is 2. The number of nitrogens with one attached hydrogen (secondary N) is 1. The Morgan fingerprint density at radius 1 is 1.44 bits per heavy atom. The van der Waals surface area contributed by atoms with E-state index in [2.05, 4.69) is 24.1 Å². The van der Waals surface area contributed by atoms with Gasteiger partial charge in [0, 0.05) is 45.2 Å². The van der Waals surface area contributed by atoms with Crippen molar-refractivity contribution in [2.24, 2.45) is 0 Å². The van der Waals surface area contributed by atoms with Crippen molar-refractivity contribution in [3.63, 3.8) is 0 Å². The normalized spacial score (nSPS) is 34.3. The summed E-state index contributed by atoms with van der Waals surface area (Å²) in [7, 11) is 0. The zero-order valence-electron chi connectivity index (χ0n) is 11.5. The molecule has 0 amide bonds. The van der Waals surface area contributed by atoms with Gasteiger partial charge in [0.2, 0.25) is 0 Å². The van der Waals surface area contributed by atoms with Gasteiger partial charge in [0.1, 0.15) is 5.60 Å². The summed E-state index contributed by atoms with van der Waals surface area (Å²) in [6.07, 6.45) is 0.955. The van der Waals surface area contributed by atoms with Gasteiger partial charge in [-0.05, 0) is 13.8 Å². The van der Waals surface area contributed by atoms with Crippen molar-refractivity contribution >= 4 is 0 Å². The largest absolute Gasteiger partial charge is 0.386 e. The van der Waals surface area contributed by atoms with Gasteiger partial charge in [-0.2, -0.15) is 0 Å². The SMILES string of the molecule is CC(C)N1CCOC(CNCC2(O)CCOC2)C1. The van der Waals surface area contributed by atoms with E-state index in [4.69, 9.17) is 9.47 Å². The van der Waals surface area contributed by atoms with Crippen LogP contribution in [0.2, 0.25) is 0 Å². The molecule has 106 valence electrons. The van der Waals surface area contributed by atoms with Crippen LogP contribution >= 0.6 is 0 Å². The number of nitrogens with zero attached hydrogens (tertiary/aromatic N) is 1. The molecule has 0 aromatic carbocycles. The summed E-state index contributed by atoms with van der Waals surface area (Å²) in [5.41, 5.74) is -0.674. The number of morpholine rings is 1. The van der Waals surface area contributed by atoms with Gasteiger partial charge in [-0.15, -0.1) is 0 Å². The molecule has 18 heavy (non-hydrogen) atoms. The maximum absolute atomic E-state index is 10.1. The zero-order chi connectivity index (χ0) is 13.0. The maximum atomic E-state index is 10.1. The molecule has 0 spiro atoms. The van der Waals surface area contributed by atoms with Crippen LogP contribution in [-0.2, 0) is 9.47 Å². The molecule has 2 fully saturated rings. The first-order valence-corrected chi connectivity index (χ1v) is 6.95. The predicted molar refractivity (Wildman–Crippen MR) is 69.7 cm³/mol. The summed E-state index contributed by atoms with van der Waals surface area (Å²) in [5.74, 6) is 0. The summed E-state index contributed by atoms with van der Waals surface area (Å²) in [5, 5.41) is 13.4. The Morgan fingerprint density at radius 2 is 2.28 bits per heavy atom. The third-order valence-electron chi connectivity index (χ3n) is 3.81. The molecule has 0 saturated carbocycles. The van der Waals surface area contributed by atoms with Crippen molar-refractivity contribution < 1.29 is 14.6 Å². The van der Waals surface area contributed by atoms with Crippen LogP contribution in [-0.4, -0.2) is 73.8 Å². The highest BCUT2D eigenvalue weighted by Crippen LogP contribution is 2.17. The molecule has 2 heterocycles. The van der Waals surface area contributed by atoms with Crippen LogP contribution in [0.5, 0.6) is 0 Å². The van der Waals surface area contributed by atoms with Crippen LogP contribution in [0.3, 0.4) is 0 Å². The van der Waals surface area contributed by atoms with Crippen LogP contribution in [0.15, 0.2) is 0 Å². The molecule has 0 aromatic rings. The van der Waals surface area contributed by atoms with Gasteiger partial charge in [0.15, 0.2) is 0 Å². The Morgan fingerprint density at radius 3 is 2.94 bits per heavy atom. The number of ether oxygens (including phenoxy) is 2. The third kappa shape index (κ3) is 3.90. The van der Waals surface area contributed by atoms with Crippen molar-refractivity contribution in [2.75, 3.05) is 46.0 Å². The predicted octanol–water partition coefficient (Wildman–Crippen LogP) is -0.163. The fourth-order valence-electron chi connectivity index (χ4n) is 2.54. The van der Waals surface area contributed by atoms with E-state index in [-0.39, 0.29) is 6.10 Å². The minimum atomic E-state index is -0.674. The van der Waals surface area contributed by atoms with Gasteiger partial charge in [-0.25, -0.2) is 0 Å². The Labute approximate surface area is 109 Å². The lowest BCUT2D eigenvalue weighted by Gasteiger charge is -2.36. The summed E-state index contributed by atoms with van der Waals surface area (Å²) in [6.45, 7) is 9.73. The van der Waals surface area contributed by atoms with Crippen LogP contribution in [0.4, 0.5) is 0 Å². The lowest BCUT2D eigenvalue weighted by Crippen LogP contribution is -2.51. The summed E-state index contributed by atoms with van der Waals surface area (Å²) < 4.78 is 11.0. The fourth-order valence-corrected chi connectivity index (χ4v) is 2.54.